The highest BCUT2D eigenvalue weighted by molar-refractivity contribution is 7.92. The smallest absolute Gasteiger partial charge is 0.241 e. The normalized spacial score (nSPS) is 12.1. The second-order valence-electron chi connectivity index (χ2n) is 6.20. The number of hydrogen-bond acceptors (Lipinski definition) is 4. The van der Waals surface area contributed by atoms with Gasteiger partial charge in [0, 0.05) is 12.6 Å². The van der Waals surface area contributed by atoms with Crippen molar-refractivity contribution >= 4 is 33.2 Å². The molecule has 2 N–H and O–H groups in total. The van der Waals surface area contributed by atoms with Crippen LogP contribution in [0.1, 0.15) is 25.5 Å². The molecule has 27 heavy (non-hydrogen) atoms. The van der Waals surface area contributed by atoms with Gasteiger partial charge in [0.1, 0.15) is 6.54 Å². The summed E-state index contributed by atoms with van der Waals surface area (Å²) < 4.78 is 25.3. The first-order valence-electron chi connectivity index (χ1n) is 8.36. The SMILES string of the molecule is CC(=O)Nc1ccc(N(CC(=O)NC(C)c2ccccc2)S(C)(=O)=O)cc1. The van der Waals surface area contributed by atoms with Crippen LogP contribution >= 0.6 is 0 Å². The van der Waals surface area contributed by atoms with E-state index in [1.54, 1.807) is 24.3 Å². The zero-order valence-electron chi connectivity index (χ0n) is 15.5. The lowest BCUT2D eigenvalue weighted by Crippen LogP contribution is -2.41. The zero-order valence-corrected chi connectivity index (χ0v) is 16.3. The van der Waals surface area contributed by atoms with Gasteiger partial charge in [0.05, 0.1) is 18.0 Å². The van der Waals surface area contributed by atoms with Crippen LogP contribution in [-0.4, -0.2) is 33.0 Å². The van der Waals surface area contributed by atoms with Gasteiger partial charge in [-0.2, -0.15) is 0 Å². The number of benzene rings is 2. The number of nitrogens with zero attached hydrogens (tertiary/aromatic N) is 1. The van der Waals surface area contributed by atoms with Gasteiger partial charge in [-0.25, -0.2) is 8.42 Å². The van der Waals surface area contributed by atoms with E-state index in [0.717, 1.165) is 16.1 Å². The van der Waals surface area contributed by atoms with Crippen LogP contribution in [0.25, 0.3) is 0 Å². The molecule has 2 rings (SSSR count). The molecule has 0 aliphatic carbocycles. The molecule has 0 aliphatic rings. The maximum atomic E-state index is 12.4. The molecule has 7 nitrogen and oxygen atoms in total. The molecular weight excluding hydrogens is 366 g/mol. The van der Waals surface area contributed by atoms with E-state index in [-0.39, 0.29) is 18.5 Å². The van der Waals surface area contributed by atoms with Gasteiger partial charge in [-0.05, 0) is 36.8 Å². The van der Waals surface area contributed by atoms with Crippen molar-refractivity contribution in [3.05, 3.63) is 60.2 Å². The van der Waals surface area contributed by atoms with E-state index in [2.05, 4.69) is 10.6 Å². The first kappa shape index (κ1) is 20.4. The van der Waals surface area contributed by atoms with E-state index in [4.69, 9.17) is 0 Å². The fraction of sp³-hybridized carbons (Fsp3) is 0.263. The van der Waals surface area contributed by atoms with Gasteiger partial charge in [0.15, 0.2) is 0 Å². The summed E-state index contributed by atoms with van der Waals surface area (Å²) in [6.45, 7) is 2.88. The predicted molar refractivity (Wildman–Crippen MR) is 106 cm³/mol. The van der Waals surface area contributed by atoms with Crippen molar-refractivity contribution in [2.24, 2.45) is 0 Å². The van der Waals surface area contributed by atoms with E-state index >= 15 is 0 Å². The van der Waals surface area contributed by atoms with Crippen molar-refractivity contribution in [2.45, 2.75) is 19.9 Å². The van der Waals surface area contributed by atoms with E-state index in [1.807, 2.05) is 37.3 Å². The molecule has 0 spiro atoms. The van der Waals surface area contributed by atoms with Crippen LogP contribution in [0.5, 0.6) is 0 Å². The van der Waals surface area contributed by atoms with Crippen molar-refractivity contribution in [3.8, 4) is 0 Å². The average Bonchev–Trinajstić information content (AvgIpc) is 2.60. The Labute approximate surface area is 159 Å². The van der Waals surface area contributed by atoms with E-state index in [9.17, 15) is 18.0 Å². The van der Waals surface area contributed by atoms with Crippen LogP contribution in [0.3, 0.4) is 0 Å². The first-order valence-corrected chi connectivity index (χ1v) is 10.2. The molecule has 0 saturated heterocycles. The molecule has 0 aromatic heterocycles. The highest BCUT2D eigenvalue weighted by Crippen LogP contribution is 2.20. The summed E-state index contributed by atoms with van der Waals surface area (Å²) in [5.41, 5.74) is 1.81. The van der Waals surface area contributed by atoms with Gasteiger partial charge in [-0.15, -0.1) is 0 Å². The second-order valence-corrected chi connectivity index (χ2v) is 8.10. The first-order chi connectivity index (χ1) is 12.7. The van der Waals surface area contributed by atoms with Crippen LogP contribution in [0.4, 0.5) is 11.4 Å². The van der Waals surface area contributed by atoms with Crippen molar-refractivity contribution in [2.75, 3.05) is 22.4 Å². The summed E-state index contributed by atoms with van der Waals surface area (Å²) in [6, 6.07) is 15.4. The molecule has 2 amide bonds. The molecule has 2 aromatic rings. The standard InChI is InChI=1S/C19H23N3O4S/c1-14(16-7-5-4-6-8-16)20-19(24)13-22(27(3,25)26)18-11-9-17(10-12-18)21-15(2)23/h4-12,14H,13H2,1-3H3,(H,20,24)(H,21,23). The molecule has 0 saturated carbocycles. The number of carbonyl (C=O) groups excluding carboxylic acids is 2. The second kappa shape index (κ2) is 8.68. The zero-order chi connectivity index (χ0) is 20.0. The van der Waals surface area contributed by atoms with Crippen LogP contribution in [0, 0.1) is 0 Å². The van der Waals surface area contributed by atoms with Crippen molar-refractivity contribution < 1.29 is 18.0 Å². The lowest BCUT2D eigenvalue weighted by atomic mass is 10.1. The Balaban J connectivity index is 2.13. The van der Waals surface area contributed by atoms with Crippen molar-refractivity contribution in [3.63, 3.8) is 0 Å². The molecule has 2 aromatic carbocycles. The average molecular weight is 389 g/mol. The van der Waals surface area contributed by atoms with Crippen molar-refractivity contribution in [1.82, 2.24) is 5.32 Å². The fourth-order valence-corrected chi connectivity index (χ4v) is 3.41. The van der Waals surface area contributed by atoms with E-state index in [1.165, 1.54) is 6.92 Å². The Kier molecular flexibility index (Phi) is 6.57. The largest absolute Gasteiger partial charge is 0.348 e. The maximum Gasteiger partial charge on any atom is 0.241 e. The minimum atomic E-state index is -3.66. The number of carbonyl (C=O) groups is 2. The van der Waals surface area contributed by atoms with Crippen LogP contribution in [0.15, 0.2) is 54.6 Å². The lowest BCUT2D eigenvalue weighted by Gasteiger charge is -2.23. The number of nitrogens with one attached hydrogen (secondary N) is 2. The number of amides is 2. The summed E-state index contributed by atoms with van der Waals surface area (Å²) in [4.78, 5) is 23.5. The molecule has 0 aliphatic heterocycles. The van der Waals surface area contributed by atoms with E-state index < -0.39 is 15.9 Å². The molecule has 1 atom stereocenters. The molecule has 0 fully saturated rings. The Morgan fingerprint density at radius 3 is 2.15 bits per heavy atom. The highest BCUT2D eigenvalue weighted by atomic mass is 32.2. The van der Waals surface area contributed by atoms with Gasteiger partial charge in [-0.1, -0.05) is 30.3 Å². The van der Waals surface area contributed by atoms with E-state index in [0.29, 0.717) is 11.4 Å². The number of anilines is 2. The molecule has 0 bridgehead atoms. The fourth-order valence-electron chi connectivity index (χ4n) is 2.56. The van der Waals surface area contributed by atoms with Crippen molar-refractivity contribution in [1.29, 1.82) is 0 Å². The number of sulfonamides is 1. The topological polar surface area (TPSA) is 95.6 Å². The predicted octanol–water partition coefficient (Wildman–Crippen LogP) is 2.29. The Morgan fingerprint density at radius 2 is 1.63 bits per heavy atom. The lowest BCUT2D eigenvalue weighted by molar-refractivity contribution is -0.120. The third-order valence-corrected chi connectivity index (χ3v) is 4.98. The van der Waals surface area contributed by atoms with Gasteiger partial charge in [-0.3, -0.25) is 13.9 Å². The van der Waals surface area contributed by atoms with Crippen LogP contribution < -0.4 is 14.9 Å². The monoisotopic (exact) mass is 389 g/mol. The molecule has 144 valence electrons. The molecule has 8 heteroatoms. The number of rotatable bonds is 7. The molecule has 0 heterocycles. The molecule has 1 unspecified atom stereocenters. The highest BCUT2D eigenvalue weighted by Gasteiger charge is 2.22. The summed E-state index contributed by atoms with van der Waals surface area (Å²) in [5.74, 6) is -0.639. The Hall–Kier alpha value is -2.87. The third kappa shape index (κ3) is 6.10. The Bertz CT molecular complexity index is 896. The van der Waals surface area contributed by atoms with Gasteiger partial charge in [0.2, 0.25) is 21.8 Å². The molecular formula is C19H23N3O4S. The molecule has 0 radical (unpaired) electrons. The van der Waals surface area contributed by atoms with Gasteiger partial charge < -0.3 is 10.6 Å². The van der Waals surface area contributed by atoms with Crippen LogP contribution in [-0.2, 0) is 19.6 Å². The third-order valence-electron chi connectivity index (χ3n) is 3.84. The maximum absolute atomic E-state index is 12.4. The van der Waals surface area contributed by atoms with Crippen LogP contribution in [0.2, 0.25) is 0 Å². The number of hydrogen-bond donors (Lipinski definition) is 2. The summed E-state index contributed by atoms with van der Waals surface area (Å²) in [6.07, 6.45) is 1.04. The summed E-state index contributed by atoms with van der Waals surface area (Å²) in [7, 11) is -3.66. The Morgan fingerprint density at radius 1 is 1.04 bits per heavy atom. The quantitative estimate of drug-likeness (QED) is 0.759. The van der Waals surface area contributed by atoms with Gasteiger partial charge in [0.25, 0.3) is 0 Å². The minimum Gasteiger partial charge on any atom is -0.348 e. The summed E-state index contributed by atoms with van der Waals surface area (Å²) in [5, 5.41) is 5.41. The minimum absolute atomic E-state index is 0.225. The summed E-state index contributed by atoms with van der Waals surface area (Å²) >= 11 is 0. The van der Waals surface area contributed by atoms with Gasteiger partial charge >= 0.3 is 0 Å².